The zero-order valence-electron chi connectivity index (χ0n) is 13.3. The van der Waals surface area contributed by atoms with E-state index in [0.717, 1.165) is 18.2 Å². The average Bonchev–Trinajstić information content (AvgIpc) is 2.50. The highest BCUT2D eigenvalue weighted by molar-refractivity contribution is 8.15. The van der Waals surface area contributed by atoms with Crippen LogP contribution < -0.4 is 0 Å². The van der Waals surface area contributed by atoms with Crippen molar-refractivity contribution in [2.45, 2.75) is 15.5 Å². The molecule has 0 saturated heterocycles. The first-order chi connectivity index (χ1) is 11.9. The van der Waals surface area contributed by atoms with Crippen LogP contribution in [0.5, 0.6) is 23.0 Å². The molecule has 0 aromatic heterocycles. The van der Waals surface area contributed by atoms with E-state index in [1.807, 2.05) is 0 Å². The zero-order valence-corrected chi connectivity index (χ0v) is 15.0. The van der Waals surface area contributed by atoms with E-state index < -0.39 is 60.4 Å². The molecule has 0 amide bonds. The lowest BCUT2D eigenvalue weighted by Gasteiger charge is -2.20. The topological polar surface area (TPSA) is 173 Å². The molecule has 0 aliphatic rings. The third-order valence-electron chi connectivity index (χ3n) is 3.54. The van der Waals surface area contributed by atoms with Crippen LogP contribution in [0.3, 0.4) is 0 Å². The van der Waals surface area contributed by atoms with Crippen LogP contribution in [0.4, 0.5) is 0 Å². The third-order valence-corrected chi connectivity index (χ3v) is 6.39. The van der Waals surface area contributed by atoms with Crippen LogP contribution in [-0.4, -0.2) is 50.7 Å². The van der Waals surface area contributed by atoms with Crippen molar-refractivity contribution in [2.24, 2.45) is 0 Å². The molecule has 11 heteroatoms. The summed E-state index contributed by atoms with van der Waals surface area (Å²) in [6, 6.07) is 3.81. The maximum atomic E-state index is 11.3. The monoisotopic (exact) mass is 404 g/mol. The summed E-state index contributed by atoms with van der Waals surface area (Å²) in [5, 5.41) is 48.5. The summed E-state index contributed by atoms with van der Waals surface area (Å²) < 4.78 is 31.8. The molecular formula is C15H16O9S2. The Hall–Kier alpha value is -2.63. The Kier molecular flexibility index (Phi) is 5.26. The Morgan fingerprint density at radius 1 is 1.00 bits per heavy atom. The summed E-state index contributed by atoms with van der Waals surface area (Å²) in [5.41, 5.74) is -0.450. The number of phenols is 4. The second-order valence-electron chi connectivity index (χ2n) is 5.45. The van der Waals surface area contributed by atoms with Gasteiger partial charge >= 0.3 is 5.97 Å². The van der Waals surface area contributed by atoms with Crippen molar-refractivity contribution < 1.29 is 43.3 Å². The summed E-state index contributed by atoms with van der Waals surface area (Å²) >= 11 is 0. The molecule has 2 aromatic carbocycles. The quantitative estimate of drug-likeness (QED) is 0.222. The molecule has 0 saturated carbocycles. The van der Waals surface area contributed by atoms with E-state index in [1.54, 1.807) is 6.26 Å². The first-order valence-corrected chi connectivity index (χ1v) is 10.4. The predicted octanol–water partition coefficient (Wildman–Crippen LogP) is 1.64. The smallest absolute Gasteiger partial charge is 0.339 e. The van der Waals surface area contributed by atoms with Crippen LogP contribution in [0.1, 0.15) is 15.9 Å². The molecule has 0 heterocycles. The number of thiol groups is 1. The van der Waals surface area contributed by atoms with Crippen molar-refractivity contribution in [2.75, 3.05) is 6.26 Å². The molecule has 0 aliphatic heterocycles. The molecule has 26 heavy (non-hydrogen) atoms. The lowest BCUT2D eigenvalue weighted by Crippen LogP contribution is -2.01. The Morgan fingerprint density at radius 3 is 2.12 bits per heavy atom. The molecular weight excluding hydrogens is 388 g/mol. The van der Waals surface area contributed by atoms with Crippen molar-refractivity contribution in [3.05, 3.63) is 35.4 Å². The molecule has 1 atom stereocenters. The third kappa shape index (κ3) is 3.95. The molecule has 142 valence electrons. The van der Waals surface area contributed by atoms with Crippen molar-refractivity contribution in [1.82, 2.24) is 0 Å². The standard InChI is InChI=1S/C15H16O9S2/c1-25(6-7-2-8(16)3-10(13(7)18)15(20)21)11-4-9(17)5-12(14(11)19)26(22,23)24/h2-5,16-19,25H,6H2,1H3,(H,20,21)(H,22,23,24). The summed E-state index contributed by atoms with van der Waals surface area (Å²) in [6.07, 6.45) is 1.57. The van der Waals surface area contributed by atoms with Crippen LogP contribution >= 0.6 is 10.9 Å². The van der Waals surface area contributed by atoms with Gasteiger partial charge in [-0.3, -0.25) is 4.55 Å². The van der Waals surface area contributed by atoms with Gasteiger partial charge in [0.15, 0.2) is 0 Å². The molecule has 0 fully saturated rings. The average molecular weight is 404 g/mol. The Balaban J connectivity index is 2.51. The highest BCUT2D eigenvalue weighted by atomic mass is 32.2. The van der Waals surface area contributed by atoms with Crippen LogP contribution in [-0.2, 0) is 15.9 Å². The highest BCUT2D eigenvalue weighted by Crippen LogP contribution is 2.47. The van der Waals surface area contributed by atoms with Gasteiger partial charge in [0, 0.05) is 22.3 Å². The van der Waals surface area contributed by atoms with Gasteiger partial charge in [-0.25, -0.2) is 15.7 Å². The Morgan fingerprint density at radius 2 is 1.58 bits per heavy atom. The number of phenolic OH excluding ortho intramolecular Hbond substituents is 3. The van der Waals surface area contributed by atoms with Gasteiger partial charge in [0.2, 0.25) is 0 Å². The molecule has 0 aliphatic carbocycles. The van der Waals surface area contributed by atoms with Crippen molar-refractivity contribution >= 4 is 27.0 Å². The van der Waals surface area contributed by atoms with Gasteiger partial charge in [0.05, 0.1) is 0 Å². The van der Waals surface area contributed by atoms with Crippen LogP contribution in [0.25, 0.3) is 0 Å². The van der Waals surface area contributed by atoms with Crippen LogP contribution in [0.15, 0.2) is 34.1 Å². The van der Waals surface area contributed by atoms with E-state index in [1.165, 1.54) is 0 Å². The van der Waals surface area contributed by atoms with Crippen molar-refractivity contribution in [3.63, 3.8) is 0 Å². The first-order valence-electron chi connectivity index (χ1n) is 6.94. The largest absolute Gasteiger partial charge is 0.508 e. The number of carboxylic acids is 1. The maximum absolute atomic E-state index is 11.3. The van der Waals surface area contributed by atoms with E-state index in [9.17, 15) is 33.6 Å². The number of hydrogen-bond donors (Lipinski definition) is 7. The summed E-state index contributed by atoms with van der Waals surface area (Å²) in [4.78, 5) is 10.2. The molecule has 1 unspecified atom stereocenters. The highest BCUT2D eigenvalue weighted by Gasteiger charge is 2.23. The van der Waals surface area contributed by atoms with E-state index in [4.69, 9.17) is 9.66 Å². The molecule has 9 nitrogen and oxygen atoms in total. The van der Waals surface area contributed by atoms with Gasteiger partial charge in [-0.15, -0.1) is 0 Å². The van der Waals surface area contributed by atoms with Gasteiger partial charge in [-0.2, -0.15) is 8.42 Å². The molecule has 2 rings (SSSR count). The van der Waals surface area contributed by atoms with E-state index in [0.29, 0.717) is 6.07 Å². The Bertz CT molecular complexity index is 983. The molecule has 6 N–H and O–H groups in total. The number of hydrogen-bond acceptors (Lipinski definition) is 7. The number of aromatic hydroxyl groups is 4. The van der Waals surface area contributed by atoms with E-state index >= 15 is 0 Å². The van der Waals surface area contributed by atoms with E-state index in [2.05, 4.69) is 0 Å². The minimum atomic E-state index is -4.78. The van der Waals surface area contributed by atoms with Crippen LogP contribution in [0, 0.1) is 0 Å². The van der Waals surface area contributed by atoms with Crippen molar-refractivity contribution in [3.8, 4) is 23.0 Å². The summed E-state index contributed by atoms with van der Waals surface area (Å²) in [6.45, 7) is 0. The minimum Gasteiger partial charge on any atom is -0.508 e. The van der Waals surface area contributed by atoms with Gasteiger partial charge < -0.3 is 25.5 Å². The van der Waals surface area contributed by atoms with Crippen LogP contribution in [0.2, 0.25) is 0 Å². The van der Waals surface area contributed by atoms with Gasteiger partial charge in [-0.05, 0) is 24.5 Å². The lowest BCUT2D eigenvalue weighted by molar-refractivity contribution is 0.0693. The first kappa shape index (κ1) is 19.7. The van der Waals surface area contributed by atoms with Crippen molar-refractivity contribution in [1.29, 1.82) is 0 Å². The number of carboxylic acid groups (broad SMARTS) is 1. The summed E-state index contributed by atoms with van der Waals surface area (Å²) in [7, 11) is -6.25. The zero-order chi connectivity index (χ0) is 19.8. The second kappa shape index (κ2) is 6.94. The fourth-order valence-corrected chi connectivity index (χ4v) is 4.83. The van der Waals surface area contributed by atoms with Gasteiger partial charge in [0.25, 0.3) is 10.1 Å². The van der Waals surface area contributed by atoms with Gasteiger partial charge in [0.1, 0.15) is 33.5 Å². The lowest BCUT2D eigenvalue weighted by atomic mass is 10.1. The molecule has 0 radical (unpaired) electrons. The molecule has 2 aromatic rings. The summed E-state index contributed by atoms with van der Waals surface area (Å²) in [5.74, 6) is -3.72. The number of rotatable bonds is 5. The second-order valence-corrected chi connectivity index (χ2v) is 9.03. The SMILES string of the molecule is C[SH](Cc1cc(O)cc(C(=O)O)c1O)c1cc(O)cc(S(=O)(=O)O)c1O. The number of benzene rings is 2. The maximum Gasteiger partial charge on any atom is 0.339 e. The fraction of sp³-hybridized carbons (Fsp3) is 0.133. The minimum absolute atomic E-state index is 0.00671. The predicted molar refractivity (Wildman–Crippen MR) is 93.2 cm³/mol. The molecule has 0 bridgehead atoms. The Labute approximate surface area is 150 Å². The van der Waals surface area contributed by atoms with Gasteiger partial charge in [-0.1, -0.05) is 0 Å². The fourth-order valence-electron chi connectivity index (χ4n) is 2.37. The molecule has 0 spiro atoms. The number of carbonyl (C=O) groups is 1. The number of aromatic carboxylic acids is 1. The van der Waals surface area contributed by atoms with E-state index in [-0.39, 0.29) is 16.2 Å². The normalized spacial score (nSPS) is 13.4.